The Balaban J connectivity index is 1.32. The first-order valence-electron chi connectivity index (χ1n) is 11.4. The van der Waals surface area contributed by atoms with Crippen LogP contribution in [0.2, 0.25) is 0 Å². The SMILES string of the molecule is Cc1ccc(S(=O)(=O)N(C)c2ccc(C(=O)NCCCn3nc4n(c3=O)CCCC4)cc2)cc1. The minimum Gasteiger partial charge on any atom is -0.352 e. The van der Waals surface area contributed by atoms with Crippen LogP contribution in [0.4, 0.5) is 5.69 Å². The zero-order chi connectivity index (χ0) is 24.3. The Morgan fingerprint density at radius 3 is 2.47 bits per heavy atom. The van der Waals surface area contributed by atoms with E-state index >= 15 is 0 Å². The summed E-state index contributed by atoms with van der Waals surface area (Å²) in [4.78, 5) is 25.0. The molecule has 0 radical (unpaired) electrons. The standard InChI is InChI=1S/C24H29N5O4S/c1-18-7-13-21(14-8-18)34(32,33)27(2)20-11-9-19(10-12-20)23(30)25-15-5-17-29-24(31)28-16-4-3-6-22(28)26-29/h7-14H,3-6,15-17H2,1-2H3,(H,25,30). The van der Waals surface area contributed by atoms with E-state index in [1.165, 1.54) is 16.0 Å². The zero-order valence-electron chi connectivity index (χ0n) is 19.4. The van der Waals surface area contributed by atoms with E-state index in [0.717, 1.165) is 37.2 Å². The van der Waals surface area contributed by atoms with Crippen LogP contribution in [0.3, 0.4) is 0 Å². The second-order valence-corrected chi connectivity index (χ2v) is 10.4. The molecule has 0 fully saturated rings. The lowest BCUT2D eigenvalue weighted by Crippen LogP contribution is -2.29. The number of nitrogens with zero attached hydrogens (tertiary/aromatic N) is 4. The first-order valence-corrected chi connectivity index (χ1v) is 12.8. The number of fused-ring (bicyclic) bond motifs is 1. The molecule has 1 N–H and O–H groups in total. The van der Waals surface area contributed by atoms with Gasteiger partial charge in [0.25, 0.3) is 15.9 Å². The second-order valence-electron chi connectivity index (χ2n) is 8.47. The van der Waals surface area contributed by atoms with Crippen molar-refractivity contribution in [3.05, 3.63) is 76.0 Å². The fourth-order valence-corrected chi connectivity index (χ4v) is 5.15. The third kappa shape index (κ3) is 4.91. The number of amides is 1. The molecule has 0 bridgehead atoms. The fourth-order valence-electron chi connectivity index (χ4n) is 3.96. The molecule has 0 atom stereocenters. The van der Waals surface area contributed by atoms with E-state index in [1.54, 1.807) is 53.1 Å². The molecule has 9 nitrogen and oxygen atoms in total. The number of hydrogen-bond donors (Lipinski definition) is 1. The van der Waals surface area contributed by atoms with Gasteiger partial charge < -0.3 is 5.32 Å². The van der Waals surface area contributed by atoms with Gasteiger partial charge in [-0.05, 0) is 62.6 Å². The molecule has 2 aromatic carbocycles. The molecule has 180 valence electrons. The zero-order valence-corrected chi connectivity index (χ0v) is 20.2. The van der Waals surface area contributed by atoms with Gasteiger partial charge in [0.1, 0.15) is 5.82 Å². The maximum Gasteiger partial charge on any atom is 0.345 e. The van der Waals surface area contributed by atoms with Gasteiger partial charge >= 0.3 is 5.69 Å². The number of hydrogen-bond acceptors (Lipinski definition) is 5. The van der Waals surface area contributed by atoms with Crippen LogP contribution in [0.5, 0.6) is 0 Å². The molecule has 4 rings (SSSR count). The van der Waals surface area contributed by atoms with E-state index in [0.29, 0.717) is 30.8 Å². The number of aromatic nitrogens is 3. The molecule has 1 aliphatic rings. The summed E-state index contributed by atoms with van der Waals surface area (Å²) in [6.45, 7) is 3.47. The lowest BCUT2D eigenvalue weighted by Gasteiger charge is -2.20. The van der Waals surface area contributed by atoms with Crippen molar-refractivity contribution in [2.45, 2.75) is 50.6 Å². The second kappa shape index (κ2) is 9.84. The molecule has 0 spiro atoms. The van der Waals surface area contributed by atoms with E-state index in [4.69, 9.17) is 0 Å². The molecule has 34 heavy (non-hydrogen) atoms. The summed E-state index contributed by atoms with van der Waals surface area (Å²) in [5.41, 5.74) is 1.79. The third-order valence-electron chi connectivity index (χ3n) is 6.04. The van der Waals surface area contributed by atoms with Gasteiger partial charge in [-0.25, -0.2) is 17.9 Å². The van der Waals surface area contributed by atoms with Gasteiger partial charge in [-0.3, -0.25) is 13.7 Å². The van der Waals surface area contributed by atoms with Crippen molar-refractivity contribution in [1.82, 2.24) is 19.7 Å². The summed E-state index contributed by atoms with van der Waals surface area (Å²) >= 11 is 0. The molecule has 2 heterocycles. The topological polar surface area (TPSA) is 106 Å². The Morgan fingerprint density at radius 2 is 1.79 bits per heavy atom. The minimum absolute atomic E-state index is 0.0821. The van der Waals surface area contributed by atoms with Crippen molar-refractivity contribution in [3.8, 4) is 0 Å². The minimum atomic E-state index is -3.69. The Hall–Kier alpha value is -3.40. The number of carbonyl (C=O) groups excluding carboxylic acids is 1. The summed E-state index contributed by atoms with van der Waals surface area (Å²) in [6.07, 6.45) is 3.47. The largest absolute Gasteiger partial charge is 0.352 e. The van der Waals surface area contributed by atoms with Gasteiger partial charge in [0, 0.05) is 38.7 Å². The van der Waals surface area contributed by atoms with Crippen LogP contribution >= 0.6 is 0 Å². The average molecular weight is 484 g/mol. The molecular weight excluding hydrogens is 454 g/mol. The summed E-state index contributed by atoms with van der Waals surface area (Å²) in [5, 5.41) is 7.24. The Morgan fingerprint density at radius 1 is 1.09 bits per heavy atom. The van der Waals surface area contributed by atoms with Gasteiger partial charge in [0.15, 0.2) is 0 Å². The summed E-state index contributed by atoms with van der Waals surface area (Å²) in [5.74, 6) is 0.585. The molecule has 0 aliphatic carbocycles. The number of nitrogens with one attached hydrogen (secondary N) is 1. The van der Waals surface area contributed by atoms with Crippen molar-refractivity contribution < 1.29 is 13.2 Å². The highest BCUT2D eigenvalue weighted by Crippen LogP contribution is 2.22. The molecule has 1 amide bonds. The predicted molar refractivity (Wildman–Crippen MR) is 130 cm³/mol. The van der Waals surface area contributed by atoms with E-state index in [1.807, 2.05) is 6.92 Å². The highest BCUT2D eigenvalue weighted by Gasteiger charge is 2.21. The lowest BCUT2D eigenvalue weighted by atomic mass is 10.2. The summed E-state index contributed by atoms with van der Waals surface area (Å²) < 4.78 is 30.1. The predicted octanol–water partition coefficient (Wildman–Crippen LogP) is 2.33. The molecular formula is C24H29N5O4S. The van der Waals surface area contributed by atoms with E-state index < -0.39 is 10.0 Å². The maximum absolute atomic E-state index is 12.9. The van der Waals surface area contributed by atoms with Crippen molar-refractivity contribution in [2.75, 3.05) is 17.9 Å². The quantitative estimate of drug-likeness (QED) is 0.495. The number of sulfonamides is 1. The van der Waals surface area contributed by atoms with Crippen LogP contribution in [0.15, 0.2) is 58.2 Å². The first-order chi connectivity index (χ1) is 16.3. The monoisotopic (exact) mass is 483 g/mol. The van der Waals surface area contributed by atoms with Crippen LogP contribution in [-0.4, -0.2) is 42.3 Å². The number of anilines is 1. The van der Waals surface area contributed by atoms with E-state index in [-0.39, 0.29) is 16.5 Å². The maximum atomic E-state index is 12.9. The van der Waals surface area contributed by atoms with Crippen molar-refractivity contribution >= 4 is 21.6 Å². The fraction of sp³-hybridized carbons (Fsp3) is 0.375. The van der Waals surface area contributed by atoms with Gasteiger partial charge in [-0.2, -0.15) is 5.10 Å². The van der Waals surface area contributed by atoms with E-state index in [2.05, 4.69) is 10.4 Å². The highest BCUT2D eigenvalue weighted by molar-refractivity contribution is 7.92. The van der Waals surface area contributed by atoms with Crippen LogP contribution in [-0.2, 0) is 29.5 Å². The van der Waals surface area contributed by atoms with E-state index in [9.17, 15) is 18.0 Å². The molecule has 10 heteroatoms. The van der Waals surface area contributed by atoms with Crippen LogP contribution in [0.25, 0.3) is 0 Å². The Labute approximate surface area is 199 Å². The Kier molecular flexibility index (Phi) is 6.87. The number of carbonyl (C=O) groups is 1. The van der Waals surface area contributed by atoms with Gasteiger partial charge in [-0.15, -0.1) is 0 Å². The van der Waals surface area contributed by atoms with Crippen LogP contribution in [0.1, 0.15) is 41.0 Å². The summed E-state index contributed by atoms with van der Waals surface area (Å²) in [7, 11) is -2.21. The Bertz CT molecular complexity index is 1330. The molecule has 3 aromatic rings. The van der Waals surface area contributed by atoms with Crippen molar-refractivity contribution in [1.29, 1.82) is 0 Å². The van der Waals surface area contributed by atoms with Crippen LogP contribution < -0.4 is 15.3 Å². The van der Waals surface area contributed by atoms with Crippen molar-refractivity contribution in [2.24, 2.45) is 0 Å². The van der Waals surface area contributed by atoms with Gasteiger partial charge in [-0.1, -0.05) is 17.7 Å². The van der Waals surface area contributed by atoms with Crippen molar-refractivity contribution in [3.63, 3.8) is 0 Å². The van der Waals surface area contributed by atoms with Crippen LogP contribution in [0, 0.1) is 6.92 Å². The summed E-state index contributed by atoms with van der Waals surface area (Å²) in [6, 6.07) is 13.1. The highest BCUT2D eigenvalue weighted by atomic mass is 32.2. The smallest absolute Gasteiger partial charge is 0.345 e. The number of aryl methyl sites for hydroxylation is 3. The molecule has 1 aromatic heterocycles. The number of rotatable bonds is 8. The average Bonchev–Trinajstić information content (AvgIpc) is 3.17. The normalized spacial score (nSPS) is 13.4. The molecule has 0 saturated heterocycles. The molecule has 1 aliphatic heterocycles. The van der Waals surface area contributed by atoms with Gasteiger partial charge in [0.2, 0.25) is 0 Å². The molecule has 0 unspecified atom stereocenters. The number of benzene rings is 2. The van der Waals surface area contributed by atoms with Gasteiger partial charge in [0.05, 0.1) is 10.6 Å². The molecule has 0 saturated carbocycles. The lowest BCUT2D eigenvalue weighted by molar-refractivity contribution is 0.0952. The third-order valence-corrected chi connectivity index (χ3v) is 7.84. The first kappa shape index (κ1) is 23.7.